The van der Waals surface area contributed by atoms with Gasteiger partial charge in [0, 0.05) is 0 Å². The average Bonchev–Trinajstić information content (AvgIpc) is 3.22. The highest BCUT2D eigenvalue weighted by atomic mass is 32.2. The van der Waals surface area contributed by atoms with Crippen molar-refractivity contribution in [2.24, 2.45) is 0 Å². The van der Waals surface area contributed by atoms with Crippen molar-refractivity contribution >= 4 is 70.6 Å². The molecule has 0 aliphatic carbocycles. The summed E-state index contributed by atoms with van der Waals surface area (Å²) in [6.07, 6.45) is 3.75. The third-order valence-corrected chi connectivity index (χ3v) is 20.3. The highest BCUT2D eigenvalue weighted by Crippen LogP contribution is 2.58. The Bertz CT molecular complexity index is 1910. The Hall–Kier alpha value is -2.20. The molecule has 2 nitrogen and oxygen atoms in total. The van der Waals surface area contributed by atoms with Crippen LogP contribution in [-0.2, 0) is 12.2 Å². The number of hydrogen-bond acceptors (Lipinski definition) is 8. The third kappa shape index (κ3) is 7.29. The predicted molar refractivity (Wildman–Crippen MR) is 235 cm³/mol. The van der Waals surface area contributed by atoms with Gasteiger partial charge in [-0.2, -0.15) is 0 Å². The Balaban J connectivity index is 1.03. The van der Waals surface area contributed by atoms with Gasteiger partial charge >= 0.3 is 0 Å². The summed E-state index contributed by atoms with van der Waals surface area (Å²) in [5, 5.41) is 0. The second kappa shape index (κ2) is 16.3. The van der Waals surface area contributed by atoms with Crippen LogP contribution >= 0.6 is 70.6 Å². The van der Waals surface area contributed by atoms with Crippen LogP contribution in [0, 0.1) is 6.92 Å². The highest BCUT2D eigenvalue weighted by molar-refractivity contribution is 8.19. The molecule has 5 aromatic carbocycles. The standard InChI is InChI=1S/C44H44O2S6/c1-32-6-8-33(9-7-32)42(47-26-3-27-48-42)34-10-12-35(13-11-34)43(49-28-4-29-50-43)37-16-22-40(23-17-37)46-41-24-18-38(19-25-41)44(51-30-5-31-52-44)36-14-20-39(45-2)21-15-36/h6-25H,3-5,26-31H2,1-2H3. The Morgan fingerprint density at radius 1 is 0.365 bits per heavy atom. The molecule has 0 spiro atoms. The van der Waals surface area contributed by atoms with E-state index in [1.807, 2.05) is 23.5 Å². The first kappa shape index (κ1) is 36.8. The van der Waals surface area contributed by atoms with E-state index in [-0.39, 0.29) is 12.2 Å². The second-order valence-corrected chi connectivity index (χ2v) is 22.0. The normalized spacial score (nSPS) is 19.4. The number of aryl methyl sites for hydroxylation is 1. The van der Waals surface area contributed by atoms with Crippen molar-refractivity contribution in [3.63, 3.8) is 0 Å². The Kier molecular flexibility index (Phi) is 11.5. The summed E-state index contributed by atoms with van der Waals surface area (Å²) in [5.74, 6) is 9.63. The minimum atomic E-state index is -0.133. The zero-order chi connectivity index (χ0) is 35.4. The van der Waals surface area contributed by atoms with Crippen LogP contribution in [0.4, 0.5) is 0 Å². The van der Waals surface area contributed by atoms with Gasteiger partial charge in [-0.3, -0.25) is 0 Å². The van der Waals surface area contributed by atoms with E-state index in [1.165, 1.54) is 69.7 Å². The summed E-state index contributed by atoms with van der Waals surface area (Å²) in [6, 6.07) is 45.1. The molecule has 0 saturated carbocycles. The summed E-state index contributed by atoms with van der Waals surface area (Å²) in [4.78, 5) is 0. The Morgan fingerprint density at radius 2 is 0.615 bits per heavy atom. The molecule has 52 heavy (non-hydrogen) atoms. The lowest BCUT2D eigenvalue weighted by Crippen LogP contribution is -2.26. The van der Waals surface area contributed by atoms with E-state index in [1.54, 1.807) is 7.11 Å². The Morgan fingerprint density at radius 3 is 0.904 bits per heavy atom. The molecule has 3 fully saturated rings. The van der Waals surface area contributed by atoms with Crippen LogP contribution in [0.5, 0.6) is 17.2 Å². The van der Waals surface area contributed by atoms with Crippen molar-refractivity contribution in [1.82, 2.24) is 0 Å². The second-order valence-electron chi connectivity index (χ2n) is 13.3. The van der Waals surface area contributed by atoms with Crippen LogP contribution in [0.1, 0.15) is 58.2 Å². The molecule has 3 aliphatic heterocycles. The summed E-state index contributed by atoms with van der Waals surface area (Å²) in [6.45, 7) is 2.18. The summed E-state index contributed by atoms with van der Waals surface area (Å²) in [5.41, 5.74) is 9.46. The van der Waals surface area contributed by atoms with Crippen LogP contribution < -0.4 is 9.47 Å². The summed E-state index contributed by atoms with van der Waals surface area (Å²) >= 11 is 12.4. The van der Waals surface area contributed by atoms with Gasteiger partial charge in [-0.05, 0) is 130 Å². The number of thioether (sulfide) groups is 6. The SMILES string of the molecule is COc1ccc(C2(c3ccc(Oc4ccc(C5(c6ccc(C7(c8ccc(C)cc8)SCCCS7)cc6)SCCCS5)cc4)cc3)SCCCS2)cc1. The number of ether oxygens (including phenoxy) is 2. The molecule has 0 radical (unpaired) electrons. The van der Waals surface area contributed by atoms with E-state index < -0.39 is 0 Å². The van der Waals surface area contributed by atoms with Crippen molar-refractivity contribution in [1.29, 1.82) is 0 Å². The number of benzene rings is 5. The maximum atomic E-state index is 6.47. The maximum absolute atomic E-state index is 6.47. The molecule has 5 aromatic rings. The fraction of sp³-hybridized carbons (Fsp3) is 0.318. The average molecular weight is 797 g/mol. The lowest BCUT2D eigenvalue weighted by molar-refractivity contribution is 0.414. The fourth-order valence-electron chi connectivity index (χ4n) is 7.21. The zero-order valence-corrected chi connectivity index (χ0v) is 34.6. The van der Waals surface area contributed by atoms with Crippen LogP contribution in [0.3, 0.4) is 0 Å². The lowest BCUT2D eigenvalue weighted by Gasteiger charge is -2.39. The van der Waals surface area contributed by atoms with Crippen LogP contribution in [0.25, 0.3) is 0 Å². The molecule has 268 valence electrons. The van der Waals surface area contributed by atoms with Crippen molar-refractivity contribution in [3.05, 3.63) is 160 Å². The van der Waals surface area contributed by atoms with Gasteiger partial charge in [-0.1, -0.05) is 90.5 Å². The molecule has 3 aliphatic rings. The van der Waals surface area contributed by atoms with E-state index in [0.717, 1.165) is 40.3 Å². The predicted octanol–water partition coefficient (Wildman–Crippen LogP) is 13.0. The largest absolute Gasteiger partial charge is 0.497 e. The molecule has 0 aromatic heterocycles. The quantitative estimate of drug-likeness (QED) is 0.145. The van der Waals surface area contributed by atoms with Gasteiger partial charge in [0.15, 0.2) is 0 Å². The van der Waals surface area contributed by atoms with Gasteiger partial charge in [-0.25, -0.2) is 0 Å². The molecule has 8 rings (SSSR count). The van der Waals surface area contributed by atoms with E-state index in [4.69, 9.17) is 9.47 Å². The third-order valence-electron chi connectivity index (χ3n) is 9.95. The van der Waals surface area contributed by atoms with Gasteiger partial charge in [0.2, 0.25) is 0 Å². The topological polar surface area (TPSA) is 18.5 Å². The van der Waals surface area contributed by atoms with Gasteiger partial charge < -0.3 is 9.47 Å². The minimum absolute atomic E-state index is 0.0496. The van der Waals surface area contributed by atoms with Crippen molar-refractivity contribution < 1.29 is 9.47 Å². The first-order chi connectivity index (χ1) is 25.5. The van der Waals surface area contributed by atoms with E-state index in [0.29, 0.717) is 0 Å². The van der Waals surface area contributed by atoms with Gasteiger partial charge in [-0.15, -0.1) is 70.6 Å². The molecule has 0 bridgehead atoms. The minimum Gasteiger partial charge on any atom is -0.497 e. The van der Waals surface area contributed by atoms with Crippen LogP contribution in [0.15, 0.2) is 121 Å². The molecular formula is C44H44O2S6. The molecule has 0 N–H and O–H groups in total. The monoisotopic (exact) mass is 796 g/mol. The number of rotatable bonds is 9. The maximum Gasteiger partial charge on any atom is 0.127 e. The molecule has 3 heterocycles. The fourth-order valence-corrected chi connectivity index (χ4v) is 17.3. The van der Waals surface area contributed by atoms with Crippen LogP contribution in [-0.4, -0.2) is 41.6 Å². The van der Waals surface area contributed by atoms with E-state index in [2.05, 4.69) is 175 Å². The molecule has 3 saturated heterocycles. The van der Waals surface area contributed by atoms with Crippen molar-refractivity contribution in [2.75, 3.05) is 41.6 Å². The zero-order valence-electron chi connectivity index (χ0n) is 29.7. The molecule has 0 atom stereocenters. The van der Waals surface area contributed by atoms with Crippen molar-refractivity contribution in [2.45, 2.75) is 38.4 Å². The first-order valence-electron chi connectivity index (χ1n) is 18.1. The molecule has 0 amide bonds. The van der Waals surface area contributed by atoms with E-state index in [9.17, 15) is 0 Å². The molecule has 8 heteroatoms. The van der Waals surface area contributed by atoms with Gasteiger partial charge in [0.05, 0.1) is 7.11 Å². The van der Waals surface area contributed by atoms with Crippen molar-refractivity contribution in [3.8, 4) is 17.2 Å². The molecular weight excluding hydrogens is 753 g/mol. The van der Waals surface area contributed by atoms with Crippen LogP contribution in [0.2, 0.25) is 0 Å². The summed E-state index contributed by atoms with van der Waals surface area (Å²) < 4.78 is 11.6. The van der Waals surface area contributed by atoms with Gasteiger partial charge in [0.1, 0.15) is 29.5 Å². The lowest BCUT2D eigenvalue weighted by atomic mass is 9.98. The number of hydrogen-bond donors (Lipinski definition) is 0. The molecule has 0 unspecified atom stereocenters. The first-order valence-corrected chi connectivity index (χ1v) is 24.0. The van der Waals surface area contributed by atoms with E-state index >= 15 is 0 Å². The van der Waals surface area contributed by atoms with Gasteiger partial charge in [0.25, 0.3) is 0 Å². The summed E-state index contributed by atoms with van der Waals surface area (Å²) in [7, 11) is 1.73. The Labute approximate surface area is 335 Å². The number of methoxy groups -OCH3 is 1. The highest BCUT2D eigenvalue weighted by Gasteiger charge is 2.41. The smallest absolute Gasteiger partial charge is 0.127 e.